The lowest BCUT2D eigenvalue weighted by atomic mass is 9.59. The van der Waals surface area contributed by atoms with E-state index in [0.29, 0.717) is 16.8 Å². The molecule has 1 heterocycles. The Labute approximate surface area is 215 Å². The third-order valence-electron chi connectivity index (χ3n) is 8.19. The van der Waals surface area contributed by atoms with Gasteiger partial charge < -0.3 is 0 Å². The van der Waals surface area contributed by atoms with Gasteiger partial charge in [-0.2, -0.15) is 0 Å². The largest absolute Gasteiger partial charge is 0.236 e. The van der Waals surface area contributed by atoms with Crippen molar-refractivity contribution in [3.8, 4) is 22.5 Å². The molecule has 0 saturated heterocycles. The van der Waals surface area contributed by atoms with Gasteiger partial charge in [0.05, 0.1) is 0 Å². The summed E-state index contributed by atoms with van der Waals surface area (Å²) in [5.74, 6) is -0.613. The third kappa shape index (κ3) is 6.02. The maximum absolute atomic E-state index is 13.6. The highest BCUT2D eigenvalue weighted by atomic mass is 19.2. The number of unbranched alkanes of at least 4 members (excludes halogenated alkanes) is 3. The average Bonchev–Trinajstić information content (AvgIpc) is 2.92. The molecule has 1 atom stereocenters. The van der Waals surface area contributed by atoms with Gasteiger partial charge in [0.2, 0.25) is 0 Å². The highest BCUT2D eigenvalue weighted by Crippen LogP contribution is 2.49. The second kappa shape index (κ2) is 12.6. The molecular formula is C32H40F2N2. The summed E-state index contributed by atoms with van der Waals surface area (Å²) in [7, 11) is 0. The molecule has 0 spiro atoms. The van der Waals surface area contributed by atoms with Crippen molar-refractivity contribution in [3.63, 3.8) is 0 Å². The topological polar surface area (TPSA) is 25.8 Å². The number of halogens is 2. The quantitative estimate of drug-likeness (QED) is 0.250. The molecule has 0 bridgehead atoms. The summed E-state index contributed by atoms with van der Waals surface area (Å²) in [5, 5.41) is 0. The van der Waals surface area contributed by atoms with Crippen LogP contribution in [0.3, 0.4) is 0 Å². The van der Waals surface area contributed by atoms with Crippen molar-refractivity contribution in [2.45, 2.75) is 96.3 Å². The summed E-state index contributed by atoms with van der Waals surface area (Å²) < 4.78 is 26.9. The molecule has 192 valence electrons. The van der Waals surface area contributed by atoms with E-state index in [1.165, 1.54) is 88.7 Å². The lowest BCUT2D eigenvalue weighted by Crippen LogP contribution is -2.37. The first kappa shape index (κ1) is 26.4. The first-order chi connectivity index (χ1) is 17.6. The second-order valence-corrected chi connectivity index (χ2v) is 10.6. The van der Waals surface area contributed by atoms with Gasteiger partial charge in [-0.1, -0.05) is 89.5 Å². The molecule has 0 radical (unpaired) electrons. The second-order valence-electron chi connectivity index (χ2n) is 10.6. The van der Waals surface area contributed by atoms with Crippen LogP contribution >= 0.6 is 0 Å². The van der Waals surface area contributed by atoms with Crippen molar-refractivity contribution in [1.29, 1.82) is 0 Å². The highest BCUT2D eigenvalue weighted by molar-refractivity contribution is 5.64. The van der Waals surface area contributed by atoms with Crippen molar-refractivity contribution in [2.75, 3.05) is 0 Å². The highest BCUT2D eigenvalue weighted by Gasteiger charge is 2.40. The summed E-state index contributed by atoms with van der Waals surface area (Å²) in [6.45, 7) is 4.62. The molecule has 4 heteroatoms. The average molecular weight is 491 g/mol. The van der Waals surface area contributed by atoms with Crippen molar-refractivity contribution in [1.82, 2.24) is 9.97 Å². The molecule has 1 unspecified atom stereocenters. The number of hydrogen-bond donors (Lipinski definition) is 0. The van der Waals surface area contributed by atoms with E-state index >= 15 is 0 Å². The molecule has 36 heavy (non-hydrogen) atoms. The maximum atomic E-state index is 13.6. The fourth-order valence-electron chi connectivity index (χ4n) is 6.23. The van der Waals surface area contributed by atoms with Crippen LogP contribution in [-0.4, -0.2) is 9.97 Å². The molecule has 0 aliphatic heterocycles. The van der Waals surface area contributed by atoms with Gasteiger partial charge in [-0.3, -0.25) is 0 Å². The Kier molecular flexibility index (Phi) is 9.23. The molecule has 4 rings (SSSR count). The van der Waals surface area contributed by atoms with E-state index < -0.39 is 11.6 Å². The summed E-state index contributed by atoms with van der Waals surface area (Å²) in [5.41, 5.74) is 4.27. The molecule has 1 aliphatic rings. The van der Waals surface area contributed by atoms with Crippen LogP contribution in [0.2, 0.25) is 0 Å². The van der Waals surface area contributed by atoms with E-state index in [9.17, 15) is 8.78 Å². The molecule has 3 aromatic rings. The summed E-state index contributed by atoms with van der Waals surface area (Å²) in [6, 6.07) is 12.9. The lowest BCUT2D eigenvalue weighted by Gasteiger charge is -2.45. The molecular weight excluding hydrogens is 450 g/mol. The minimum absolute atomic E-state index is 0.298. The fraction of sp³-hybridized carbons (Fsp3) is 0.500. The molecule has 0 amide bonds. The van der Waals surface area contributed by atoms with Crippen molar-refractivity contribution < 1.29 is 8.78 Å². The number of hydrogen-bond acceptors (Lipinski definition) is 2. The Bertz CT molecular complexity index is 1090. The van der Waals surface area contributed by atoms with Crippen LogP contribution in [0.4, 0.5) is 8.78 Å². The van der Waals surface area contributed by atoms with Gasteiger partial charge in [0, 0.05) is 23.5 Å². The van der Waals surface area contributed by atoms with Gasteiger partial charge in [0.15, 0.2) is 17.5 Å². The van der Waals surface area contributed by atoms with Gasteiger partial charge >= 0.3 is 0 Å². The Balaban J connectivity index is 1.55. The zero-order chi connectivity index (χ0) is 25.4. The summed E-state index contributed by atoms with van der Waals surface area (Å²) >= 11 is 0. The first-order valence-corrected chi connectivity index (χ1v) is 14.0. The van der Waals surface area contributed by atoms with Crippen LogP contribution in [0.5, 0.6) is 0 Å². The molecule has 1 aliphatic carbocycles. The van der Waals surface area contributed by atoms with Gasteiger partial charge in [-0.15, -0.1) is 0 Å². The van der Waals surface area contributed by atoms with E-state index in [2.05, 4.69) is 48.1 Å². The zero-order valence-electron chi connectivity index (χ0n) is 21.9. The van der Waals surface area contributed by atoms with Crippen molar-refractivity contribution >= 4 is 0 Å². The standard InChI is InChI=1S/C32H40F2N2/c1-3-5-6-8-12-27(11-4-2)32(19-9-7-10-20-32)28-16-13-24(14-17-28)26-22-35-31(36-23-26)25-15-18-29(33)30(34)21-25/h13-18,21-23,27H,3-12,19-20H2,1-2H3. The van der Waals surface area contributed by atoms with Crippen LogP contribution in [0.25, 0.3) is 22.5 Å². The SMILES string of the molecule is CCCCCCC(CCC)C1(c2ccc(-c3cnc(-c4ccc(F)c(F)c4)nc3)cc2)CCCCC1. The first-order valence-electron chi connectivity index (χ1n) is 14.0. The molecule has 1 fully saturated rings. The summed E-state index contributed by atoms with van der Waals surface area (Å²) in [4.78, 5) is 8.85. The van der Waals surface area contributed by atoms with E-state index in [1.807, 2.05) is 0 Å². The van der Waals surface area contributed by atoms with Crippen LogP contribution in [0, 0.1) is 17.6 Å². The predicted molar refractivity (Wildman–Crippen MR) is 145 cm³/mol. The molecule has 2 nitrogen and oxygen atoms in total. The van der Waals surface area contributed by atoms with Gasteiger partial charge in [0.1, 0.15) is 0 Å². The minimum Gasteiger partial charge on any atom is -0.236 e. The molecule has 0 N–H and O–H groups in total. The maximum Gasteiger partial charge on any atom is 0.159 e. The van der Waals surface area contributed by atoms with Gasteiger partial charge in [-0.05, 0) is 66.3 Å². The third-order valence-corrected chi connectivity index (χ3v) is 8.19. The van der Waals surface area contributed by atoms with Gasteiger partial charge in [-0.25, -0.2) is 18.7 Å². The predicted octanol–water partition coefficient (Wildman–Crippen LogP) is 9.68. The smallest absolute Gasteiger partial charge is 0.159 e. The van der Waals surface area contributed by atoms with Gasteiger partial charge in [0.25, 0.3) is 0 Å². The van der Waals surface area contributed by atoms with Crippen LogP contribution in [-0.2, 0) is 5.41 Å². The Morgan fingerprint density at radius 2 is 1.42 bits per heavy atom. The van der Waals surface area contributed by atoms with Crippen molar-refractivity contribution in [3.05, 3.63) is 72.1 Å². The number of nitrogens with zero attached hydrogens (tertiary/aromatic N) is 2. The number of benzene rings is 2. The zero-order valence-corrected chi connectivity index (χ0v) is 21.9. The monoisotopic (exact) mass is 490 g/mol. The van der Waals surface area contributed by atoms with E-state index in [1.54, 1.807) is 12.4 Å². The lowest BCUT2D eigenvalue weighted by molar-refractivity contribution is 0.165. The fourth-order valence-corrected chi connectivity index (χ4v) is 6.23. The number of rotatable bonds is 11. The number of aromatic nitrogens is 2. The normalized spacial score (nSPS) is 16.1. The molecule has 1 aromatic heterocycles. The minimum atomic E-state index is -0.890. The van der Waals surface area contributed by atoms with Crippen LogP contribution in [0.1, 0.15) is 96.5 Å². The Hall–Kier alpha value is -2.62. The molecule has 1 saturated carbocycles. The Morgan fingerprint density at radius 1 is 0.722 bits per heavy atom. The van der Waals surface area contributed by atoms with Crippen LogP contribution in [0.15, 0.2) is 54.9 Å². The summed E-state index contributed by atoms with van der Waals surface area (Å²) in [6.07, 6.45) is 19.4. The Morgan fingerprint density at radius 3 is 2.06 bits per heavy atom. The van der Waals surface area contributed by atoms with E-state index in [-0.39, 0.29) is 0 Å². The van der Waals surface area contributed by atoms with E-state index in [4.69, 9.17) is 0 Å². The van der Waals surface area contributed by atoms with Crippen molar-refractivity contribution in [2.24, 2.45) is 5.92 Å². The van der Waals surface area contributed by atoms with Crippen LogP contribution < -0.4 is 0 Å². The van der Waals surface area contributed by atoms with E-state index in [0.717, 1.165) is 29.2 Å². The molecule has 2 aromatic carbocycles.